The van der Waals surface area contributed by atoms with E-state index in [-0.39, 0.29) is 17.5 Å². The molecule has 2 heterocycles. The maximum Gasteiger partial charge on any atom is 0.451 e. The first-order valence-corrected chi connectivity index (χ1v) is 5.03. The van der Waals surface area contributed by atoms with Crippen LogP contribution in [-0.2, 0) is 12.7 Å². The van der Waals surface area contributed by atoms with E-state index in [0.29, 0.717) is 5.82 Å². The van der Waals surface area contributed by atoms with E-state index < -0.39 is 12.0 Å². The lowest BCUT2D eigenvalue weighted by atomic mass is 10.5. The van der Waals surface area contributed by atoms with Crippen molar-refractivity contribution < 1.29 is 13.2 Å². The Morgan fingerprint density at radius 3 is 2.72 bits per heavy atom. The van der Waals surface area contributed by atoms with Crippen LogP contribution in [0.5, 0.6) is 0 Å². The molecule has 2 aromatic heterocycles. The summed E-state index contributed by atoms with van der Waals surface area (Å²) in [7, 11) is 0. The summed E-state index contributed by atoms with van der Waals surface area (Å²) in [5.74, 6) is -0.882. The molecule has 0 aliphatic rings. The first-order chi connectivity index (χ1) is 8.45. The minimum Gasteiger partial charge on any atom is -0.363 e. The van der Waals surface area contributed by atoms with E-state index in [1.165, 1.54) is 12.4 Å². The number of hydrogen-bond donors (Lipinski definition) is 2. The van der Waals surface area contributed by atoms with Crippen LogP contribution in [0.2, 0.25) is 5.15 Å². The summed E-state index contributed by atoms with van der Waals surface area (Å²) in [6, 6.07) is 1.19. The van der Waals surface area contributed by atoms with Crippen LogP contribution in [-0.4, -0.2) is 25.1 Å². The number of hydrogen-bond acceptors (Lipinski definition) is 5. The number of H-pyrrole nitrogens is 1. The zero-order valence-electron chi connectivity index (χ0n) is 8.66. The number of anilines is 1. The summed E-state index contributed by atoms with van der Waals surface area (Å²) in [6.07, 6.45) is -3.36. The highest BCUT2D eigenvalue weighted by atomic mass is 35.5. The molecule has 0 saturated heterocycles. The zero-order valence-corrected chi connectivity index (χ0v) is 9.42. The molecule has 0 saturated carbocycles. The first-order valence-electron chi connectivity index (χ1n) is 4.65. The topological polar surface area (TPSA) is 79.4 Å². The summed E-state index contributed by atoms with van der Waals surface area (Å²) in [5.41, 5.74) is 0. The van der Waals surface area contributed by atoms with E-state index >= 15 is 0 Å². The average molecular weight is 279 g/mol. The molecule has 0 aliphatic heterocycles. The third kappa shape index (κ3) is 3.06. The van der Waals surface area contributed by atoms with Crippen LogP contribution < -0.4 is 5.32 Å². The lowest BCUT2D eigenvalue weighted by Crippen LogP contribution is -2.13. The summed E-state index contributed by atoms with van der Waals surface area (Å²) >= 11 is 5.49. The van der Waals surface area contributed by atoms with Gasteiger partial charge < -0.3 is 5.32 Å². The third-order valence-corrected chi connectivity index (χ3v) is 2.04. The van der Waals surface area contributed by atoms with Crippen LogP contribution in [0.1, 0.15) is 11.6 Å². The molecule has 0 radical (unpaired) electrons. The molecule has 0 aromatic carbocycles. The van der Waals surface area contributed by atoms with Crippen molar-refractivity contribution in [3.63, 3.8) is 0 Å². The van der Waals surface area contributed by atoms with Gasteiger partial charge in [0.15, 0.2) is 0 Å². The molecule has 0 fully saturated rings. The largest absolute Gasteiger partial charge is 0.451 e. The van der Waals surface area contributed by atoms with Crippen molar-refractivity contribution in [2.45, 2.75) is 12.7 Å². The van der Waals surface area contributed by atoms with Gasteiger partial charge in [0.2, 0.25) is 5.82 Å². The molecule has 2 aromatic rings. The Kier molecular flexibility index (Phi) is 3.32. The normalized spacial score (nSPS) is 11.6. The molecular formula is C8H6ClF3N6. The smallest absolute Gasteiger partial charge is 0.363 e. The Morgan fingerprint density at radius 2 is 2.11 bits per heavy atom. The third-order valence-electron chi connectivity index (χ3n) is 1.85. The summed E-state index contributed by atoms with van der Waals surface area (Å²) in [6.45, 7) is 0.143. The minimum absolute atomic E-state index is 0.0428. The Morgan fingerprint density at radius 1 is 1.33 bits per heavy atom. The number of nitrogens with one attached hydrogen (secondary N) is 2. The first kappa shape index (κ1) is 12.6. The van der Waals surface area contributed by atoms with E-state index in [2.05, 4.69) is 30.5 Å². The van der Waals surface area contributed by atoms with E-state index in [4.69, 9.17) is 11.6 Å². The van der Waals surface area contributed by atoms with Gasteiger partial charge in [-0.25, -0.2) is 15.0 Å². The molecule has 6 nitrogen and oxygen atoms in total. The highest BCUT2D eigenvalue weighted by Gasteiger charge is 2.35. The number of aromatic amines is 1. The van der Waals surface area contributed by atoms with Gasteiger partial charge in [0.25, 0.3) is 0 Å². The Hall–Kier alpha value is -1.90. The summed E-state index contributed by atoms with van der Waals surface area (Å²) < 4.78 is 37.3. The van der Waals surface area contributed by atoms with Crippen LogP contribution in [0.25, 0.3) is 0 Å². The molecule has 2 rings (SSSR count). The predicted molar refractivity (Wildman–Crippen MR) is 55.8 cm³/mol. The predicted octanol–water partition coefficient (Wildman–Crippen LogP) is 1.88. The molecular weight excluding hydrogens is 273 g/mol. The molecule has 0 atom stereocenters. The van der Waals surface area contributed by atoms with Crippen LogP contribution in [0.4, 0.5) is 19.0 Å². The van der Waals surface area contributed by atoms with Gasteiger partial charge in [-0.2, -0.15) is 18.3 Å². The Bertz CT molecular complexity index is 526. The SMILES string of the molecule is FC(F)(F)c1nc(Cl)cc(NCc2ncn[nH]2)n1. The second-order valence-electron chi connectivity index (χ2n) is 3.18. The number of rotatable bonds is 3. The van der Waals surface area contributed by atoms with Gasteiger partial charge in [-0.15, -0.1) is 0 Å². The molecule has 0 aliphatic carbocycles. The van der Waals surface area contributed by atoms with Crippen molar-refractivity contribution in [2.75, 3.05) is 5.32 Å². The summed E-state index contributed by atoms with van der Waals surface area (Å²) in [4.78, 5) is 10.2. The Balaban J connectivity index is 2.15. The van der Waals surface area contributed by atoms with Crippen molar-refractivity contribution in [3.8, 4) is 0 Å². The fourth-order valence-electron chi connectivity index (χ4n) is 1.13. The maximum absolute atomic E-state index is 12.4. The molecule has 0 bridgehead atoms. The average Bonchev–Trinajstić information content (AvgIpc) is 2.77. The van der Waals surface area contributed by atoms with E-state index in [9.17, 15) is 13.2 Å². The van der Waals surface area contributed by atoms with Crippen molar-refractivity contribution in [2.24, 2.45) is 0 Å². The molecule has 18 heavy (non-hydrogen) atoms. The monoisotopic (exact) mass is 278 g/mol. The quantitative estimate of drug-likeness (QED) is 0.838. The van der Waals surface area contributed by atoms with Crippen molar-refractivity contribution >= 4 is 17.4 Å². The Labute approximate surface area is 104 Å². The lowest BCUT2D eigenvalue weighted by molar-refractivity contribution is -0.144. The van der Waals surface area contributed by atoms with Crippen LogP contribution >= 0.6 is 11.6 Å². The van der Waals surface area contributed by atoms with Gasteiger partial charge in [0.1, 0.15) is 23.1 Å². The zero-order chi connectivity index (χ0) is 13.2. The fraction of sp³-hybridized carbons (Fsp3) is 0.250. The van der Waals surface area contributed by atoms with Crippen LogP contribution in [0, 0.1) is 0 Å². The van der Waals surface area contributed by atoms with Gasteiger partial charge in [0, 0.05) is 6.07 Å². The van der Waals surface area contributed by atoms with Gasteiger partial charge in [-0.1, -0.05) is 11.6 Å². The molecule has 0 unspecified atom stereocenters. The van der Waals surface area contributed by atoms with Gasteiger partial charge >= 0.3 is 6.18 Å². The van der Waals surface area contributed by atoms with Crippen LogP contribution in [0.3, 0.4) is 0 Å². The van der Waals surface area contributed by atoms with Crippen molar-refractivity contribution in [3.05, 3.63) is 29.2 Å². The molecule has 2 N–H and O–H groups in total. The van der Waals surface area contributed by atoms with Crippen molar-refractivity contribution in [1.82, 2.24) is 25.1 Å². The van der Waals surface area contributed by atoms with Gasteiger partial charge in [0.05, 0.1) is 6.54 Å². The molecule has 0 amide bonds. The maximum atomic E-state index is 12.4. The van der Waals surface area contributed by atoms with Gasteiger partial charge in [-0.3, -0.25) is 5.10 Å². The molecule has 96 valence electrons. The fourth-order valence-corrected chi connectivity index (χ4v) is 1.31. The highest BCUT2D eigenvalue weighted by molar-refractivity contribution is 6.29. The molecule has 0 spiro atoms. The second kappa shape index (κ2) is 4.77. The molecule has 10 heteroatoms. The standard InChI is InChI=1S/C8H6ClF3N6/c9-4-1-5(13-2-6-14-3-15-18-6)17-7(16-4)8(10,11)12/h1,3H,2H2,(H,13,16,17)(H,14,15,18). The number of nitrogens with zero attached hydrogens (tertiary/aromatic N) is 4. The van der Waals surface area contributed by atoms with Crippen molar-refractivity contribution in [1.29, 1.82) is 0 Å². The van der Waals surface area contributed by atoms with E-state index in [1.54, 1.807) is 0 Å². The number of alkyl halides is 3. The minimum atomic E-state index is -4.65. The second-order valence-corrected chi connectivity index (χ2v) is 3.57. The number of halogens is 4. The lowest BCUT2D eigenvalue weighted by Gasteiger charge is -2.08. The number of aromatic nitrogens is 5. The van der Waals surface area contributed by atoms with Crippen LogP contribution in [0.15, 0.2) is 12.4 Å². The van der Waals surface area contributed by atoms with Gasteiger partial charge in [-0.05, 0) is 0 Å². The highest BCUT2D eigenvalue weighted by Crippen LogP contribution is 2.28. The van der Waals surface area contributed by atoms with E-state index in [1.807, 2.05) is 0 Å². The summed E-state index contributed by atoms with van der Waals surface area (Å²) in [5, 5.41) is 8.48. The van der Waals surface area contributed by atoms with E-state index in [0.717, 1.165) is 0 Å².